The second-order valence-electron chi connectivity index (χ2n) is 7.95. The maximum absolute atomic E-state index is 13.0. The highest BCUT2D eigenvalue weighted by Gasteiger charge is 2.33. The fourth-order valence-corrected chi connectivity index (χ4v) is 3.37. The summed E-state index contributed by atoms with van der Waals surface area (Å²) in [6.45, 7) is 5.69. The summed E-state index contributed by atoms with van der Waals surface area (Å²) in [6.07, 6.45) is -3.74. The van der Waals surface area contributed by atoms with Crippen molar-refractivity contribution >= 4 is 30.8 Å². The third-order valence-corrected chi connectivity index (χ3v) is 5.14. The van der Waals surface area contributed by atoms with Crippen LogP contribution in [0.3, 0.4) is 0 Å². The van der Waals surface area contributed by atoms with Crippen LogP contribution in [0.25, 0.3) is 11.3 Å². The fourth-order valence-electron chi connectivity index (χ4n) is 3.37. The molecule has 0 aliphatic heterocycles. The van der Waals surface area contributed by atoms with Crippen molar-refractivity contribution in [1.82, 2.24) is 10.2 Å². The third-order valence-electron chi connectivity index (χ3n) is 5.14. The monoisotopic (exact) mass is 479 g/mol. The van der Waals surface area contributed by atoms with E-state index in [0.29, 0.717) is 35.4 Å². The number of carbonyl (C=O) groups is 1. The summed E-state index contributed by atoms with van der Waals surface area (Å²) in [5.41, 5.74) is 7.12. The van der Waals surface area contributed by atoms with Gasteiger partial charge in [0.05, 0.1) is 17.0 Å². The standard InChI is InChI=1S/C21H24F3N3O2.2ClH/c1-11(2)19(25)20(28)29-18-8-12(3)7-17-15(18)10-16(26-27-17)13-5-4-6-14(9-13)21(22,23)24;;/h4-6,9-12,18-19H,7-8,25H2,1-3H3;2*1H/t12-,18+,19+;;/m1../s1. The van der Waals surface area contributed by atoms with Crippen LogP contribution in [0, 0.1) is 11.8 Å². The second kappa shape index (κ2) is 10.6. The Morgan fingerprint density at radius 2 is 1.87 bits per heavy atom. The predicted octanol–water partition coefficient (Wildman–Crippen LogP) is 5.16. The van der Waals surface area contributed by atoms with E-state index >= 15 is 0 Å². The van der Waals surface area contributed by atoms with Gasteiger partial charge in [-0.05, 0) is 42.9 Å². The fraction of sp³-hybridized carbons (Fsp3) is 0.476. The zero-order valence-electron chi connectivity index (χ0n) is 17.3. The average Bonchev–Trinajstić information content (AvgIpc) is 2.66. The maximum Gasteiger partial charge on any atom is 0.416 e. The molecule has 172 valence electrons. The summed E-state index contributed by atoms with van der Waals surface area (Å²) < 4.78 is 44.8. The van der Waals surface area contributed by atoms with Crippen LogP contribution < -0.4 is 5.73 Å². The van der Waals surface area contributed by atoms with Gasteiger partial charge in [-0.25, -0.2) is 0 Å². The van der Waals surface area contributed by atoms with Crippen LogP contribution in [-0.2, 0) is 22.1 Å². The molecule has 0 fully saturated rings. The largest absolute Gasteiger partial charge is 0.456 e. The zero-order chi connectivity index (χ0) is 21.3. The molecule has 1 heterocycles. The van der Waals surface area contributed by atoms with Gasteiger partial charge in [0.25, 0.3) is 0 Å². The summed E-state index contributed by atoms with van der Waals surface area (Å²) >= 11 is 0. The van der Waals surface area contributed by atoms with Crippen molar-refractivity contribution in [3.8, 4) is 11.3 Å². The summed E-state index contributed by atoms with van der Waals surface area (Å²) in [6, 6.07) is 5.86. The lowest BCUT2D eigenvalue weighted by Crippen LogP contribution is -2.38. The predicted molar refractivity (Wildman–Crippen MR) is 116 cm³/mol. The van der Waals surface area contributed by atoms with E-state index in [2.05, 4.69) is 10.2 Å². The van der Waals surface area contributed by atoms with Crippen molar-refractivity contribution in [3.63, 3.8) is 0 Å². The lowest BCUT2D eigenvalue weighted by atomic mass is 9.85. The van der Waals surface area contributed by atoms with Gasteiger partial charge in [0.1, 0.15) is 12.1 Å². The third kappa shape index (κ3) is 6.30. The molecule has 0 radical (unpaired) electrons. The number of rotatable bonds is 4. The minimum Gasteiger partial charge on any atom is -0.456 e. The zero-order valence-corrected chi connectivity index (χ0v) is 19.0. The smallest absolute Gasteiger partial charge is 0.416 e. The number of aromatic nitrogens is 2. The van der Waals surface area contributed by atoms with Crippen molar-refractivity contribution in [2.45, 2.75) is 51.9 Å². The van der Waals surface area contributed by atoms with Crippen LogP contribution in [0.4, 0.5) is 13.2 Å². The number of ether oxygens (including phenoxy) is 1. The number of alkyl halides is 3. The molecule has 3 atom stereocenters. The second-order valence-corrected chi connectivity index (χ2v) is 7.95. The molecule has 1 aromatic carbocycles. The molecule has 5 nitrogen and oxygen atoms in total. The summed E-state index contributed by atoms with van der Waals surface area (Å²) in [5.74, 6) is -0.342. The van der Waals surface area contributed by atoms with Crippen molar-refractivity contribution in [2.75, 3.05) is 0 Å². The molecule has 0 bridgehead atoms. The number of nitrogens with zero attached hydrogens (tertiary/aromatic N) is 2. The summed E-state index contributed by atoms with van der Waals surface area (Å²) in [4.78, 5) is 12.4. The van der Waals surface area contributed by atoms with Crippen LogP contribution in [0.1, 0.15) is 50.1 Å². The molecule has 3 rings (SSSR count). The number of fused-ring (bicyclic) bond motifs is 1. The van der Waals surface area contributed by atoms with E-state index in [9.17, 15) is 18.0 Å². The number of esters is 1. The average molecular weight is 480 g/mol. The Morgan fingerprint density at radius 1 is 1.19 bits per heavy atom. The van der Waals surface area contributed by atoms with E-state index in [-0.39, 0.29) is 36.6 Å². The Labute approximate surface area is 191 Å². The van der Waals surface area contributed by atoms with Gasteiger partial charge in [-0.15, -0.1) is 24.8 Å². The van der Waals surface area contributed by atoms with E-state index in [1.165, 1.54) is 6.07 Å². The minimum atomic E-state index is -4.45. The number of hydrogen-bond donors (Lipinski definition) is 1. The first-order valence-corrected chi connectivity index (χ1v) is 9.56. The quantitative estimate of drug-likeness (QED) is 0.612. The van der Waals surface area contributed by atoms with Crippen LogP contribution in [-0.4, -0.2) is 22.2 Å². The van der Waals surface area contributed by atoms with Crippen LogP contribution in [0.15, 0.2) is 30.3 Å². The highest BCUT2D eigenvalue weighted by atomic mass is 35.5. The number of nitrogens with two attached hydrogens (primary N) is 1. The molecular formula is C21H26Cl2F3N3O2. The van der Waals surface area contributed by atoms with Crippen molar-refractivity contribution in [1.29, 1.82) is 0 Å². The highest BCUT2D eigenvalue weighted by Crippen LogP contribution is 2.37. The lowest BCUT2D eigenvalue weighted by molar-refractivity contribution is -0.153. The van der Waals surface area contributed by atoms with Gasteiger partial charge < -0.3 is 10.5 Å². The Morgan fingerprint density at radius 3 is 2.48 bits per heavy atom. The van der Waals surface area contributed by atoms with Crippen LogP contribution in [0.2, 0.25) is 0 Å². The summed E-state index contributed by atoms with van der Waals surface area (Å²) in [7, 11) is 0. The maximum atomic E-state index is 13.0. The molecule has 0 unspecified atom stereocenters. The van der Waals surface area contributed by atoms with Crippen molar-refractivity contribution in [3.05, 3.63) is 47.2 Å². The highest BCUT2D eigenvalue weighted by molar-refractivity contribution is 5.85. The Hall–Kier alpha value is -1.90. The molecule has 1 aliphatic rings. The van der Waals surface area contributed by atoms with Crippen molar-refractivity contribution in [2.24, 2.45) is 17.6 Å². The topological polar surface area (TPSA) is 78.1 Å². The van der Waals surface area contributed by atoms with E-state index in [4.69, 9.17) is 10.5 Å². The Kier molecular flexibility index (Phi) is 9.29. The van der Waals surface area contributed by atoms with Gasteiger partial charge in [0.15, 0.2) is 0 Å². The number of hydrogen-bond acceptors (Lipinski definition) is 5. The van der Waals surface area contributed by atoms with Gasteiger partial charge >= 0.3 is 12.1 Å². The van der Waals surface area contributed by atoms with Gasteiger partial charge in [-0.3, -0.25) is 4.79 Å². The SMILES string of the molecule is CC(C)[C@H](N)C(=O)O[C@H]1C[C@H](C)Cc2nnc(-c3cccc(C(F)(F)F)c3)cc21.Cl.Cl. The molecule has 31 heavy (non-hydrogen) atoms. The van der Waals surface area contributed by atoms with E-state index < -0.39 is 29.9 Å². The number of benzene rings is 1. The van der Waals surface area contributed by atoms with Gasteiger partial charge in [-0.1, -0.05) is 32.9 Å². The number of halogens is 5. The van der Waals surface area contributed by atoms with E-state index in [1.54, 1.807) is 12.1 Å². The molecule has 0 saturated carbocycles. The Bertz CT molecular complexity index is 910. The van der Waals surface area contributed by atoms with E-state index in [1.807, 2.05) is 20.8 Å². The lowest BCUT2D eigenvalue weighted by Gasteiger charge is -2.30. The van der Waals surface area contributed by atoms with Gasteiger partial charge in [0.2, 0.25) is 0 Å². The first-order chi connectivity index (χ1) is 13.6. The Balaban J connectivity index is 0.00000240. The van der Waals surface area contributed by atoms with Crippen LogP contribution in [0.5, 0.6) is 0 Å². The minimum absolute atomic E-state index is 0. The molecule has 0 amide bonds. The molecule has 0 saturated heterocycles. The molecule has 2 N–H and O–H groups in total. The molecule has 0 spiro atoms. The molecule has 1 aromatic heterocycles. The van der Waals surface area contributed by atoms with E-state index in [0.717, 1.165) is 12.1 Å². The van der Waals surface area contributed by atoms with Crippen molar-refractivity contribution < 1.29 is 22.7 Å². The molecule has 10 heteroatoms. The summed E-state index contributed by atoms with van der Waals surface area (Å²) in [5, 5.41) is 8.34. The molecule has 1 aliphatic carbocycles. The first-order valence-electron chi connectivity index (χ1n) is 9.56. The van der Waals surface area contributed by atoms with Gasteiger partial charge in [0, 0.05) is 11.1 Å². The normalized spacial score (nSPS) is 19.0. The molecule has 2 aromatic rings. The number of carbonyl (C=O) groups excluding carboxylic acids is 1. The first kappa shape index (κ1) is 27.1. The van der Waals surface area contributed by atoms with Gasteiger partial charge in [-0.2, -0.15) is 23.4 Å². The van der Waals surface area contributed by atoms with Crippen LogP contribution >= 0.6 is 24.8 Å². The molecular weight excluding hydrogens is 454 g/mol.